The van der Waals surface area contributed by atoms with E-state index >= 15 is 0 Å². The zero-order chi connectivity index (χ0) is 22.4. The largest absolute Gasteiger partial charge is 0.349 e. The zero-order valence-electron chi connectivity index (χ0n) is 19.1. The van der Waals surface area contributed by atoms with Crippen LogP contribution in [0.3, 0.4) is 0 Å². The molecule has 3 rings (SSSR count). The van der Waals surface area contributed by atoms with Crippen LogP contribution in [0.5, 0.6) is 0 Å². The standard InChI is InChI=1S/C24H36N4O3/c1-18-7-9-21(10-8-18)22(25-20(3)29)16-23(30)27-14-12-26(13-15-27)17-24(31)28-11-5-4-6-19(28)2/h7-10,19,22H,4-6,11-17H2,1-3H3,(H,25,29). The predicted octanol–water partition coefficient (Wildman–Crippen LogP) is 2.11. The Bertz CT molecular complexity index is 772. The van der Waals surface area contributed by atoms with Crippen molar-refractivity contribution in [3.63, 3.8) is 0 Å². The Kier molecular flexibility index (Phi) is 8.07. The molecule has 2 aliphatic heterocycles. The summed E-state index contributed by atoms with van der Waals surface area (Å²) in [5.41, 5.74) is 2.08. The van der Waals surface area contributed by atoms with E-state index in [0.29, 0.717) is 38.8 Å². The van der Waals surface area contributed by atoms with Crippen molar-refractivity contribution >= 4 is 17.7 Å². The number of amides is 3. The average Bonchev–Trinajstić information content (AvgIpc) is 2.74. The molecule has 2 atom stereocenters. The number of piperidine rings is 1. The Balaban J connectivity index is 1.50. The van der Waals surface area contributed by atoms with Crippen LogP contribution >= 0.6 is 0 Å². The van der Waals surface area contributed by atoms with E-state index in [1.165, 1.54) is 13.3 Å². The summed E-state index contributed by atoms with van der Waals surface area (Å²) in [7, 11) is 0. The van der Waals surface area contributed by atoms with Gasteiger partial charge in [0.15, 0.2) is 0 Å². The first kappa shape index (κ1) is 23.3. The summed E-state index contributed by atoms with van der Waals surface area (Å²) in [5, 5.41) is 2.91. The van der Waals surface area contributed by atoms with Gasteiger partial charge in [-0.15, -0.1) is 0 Å². The van der Waals surface area contributed by atoms with Crippen molar-refractivity contribution in [2.75, 3.05) is 39.3 Å². The Hall–Kier alpha value is -2.41. The number of nitrogens with zero attached hydrogens (tertiary/aromatic N) is 3. The molecule has 0 radical (unpaired) electrons. The SMILES string of the molecule is CC(=O)NC(CC(=O)N1CCN(CC(=O)N2CCCCC2C)CC1)c1ccc(C)cc1. The fourth-order valence-electron chi connectivity index (χ4n) is 4.51. The summed E-state index contributed by atoms with van der Waals surface area (Å²) in [6, 6.07) is 7.92. The number of hydrogen-bond acceptors (Lipinski definition) is 4. The lowest BCUT2D eigenvalue weighted by Gasteiger charge is -2.38. The minimum Gasteiger partial charge on any atom is -0.349 e. The second-order valence-electron chi connectivity index (χ2n) is 8.96. The molecule has 0 spiro atoms. The van der Waals surface area contributed by atoms with E-state index in [0.717, 1.165) is 30.5 Å². The minimum absolute atomic E-state index is 0.0370. The molecular formula is C24H36N4O3. The fraction of sp³-hybridized carbons (Fsp3) is 0.625. The second-order valence-corrected chi connectivity index (χ2v) is 8.96. The number of aryl methyl sites for hydroxylation is 1. The van der Waals surface area contributed by atoms with Crippen LogP contribution in [0.1, 0.15) is 56.7 Å². The summed E-state index contributed by atoms with van der Waals surface area (Å²) in [4.78, 5) is 43.3. The van der Waals surface area contributed by atoms with E-state index in [1.807, 2.05) is 41.0 Å². The monoisotopic (exact) mass is 428 g/mol. The van der Waals surface area contributed by atoms with Gasteiger partial charge in [-0.05, 0) is 38.7 Å². The molecule has 0 bridgehead atoms. The molecule has 2 saturated heterocycles. The topological polar surface area (TPSA) is 73.0 Å². The van der Waals surface area contributed by atoms with E-state index in [9.17, 15) is 14.4 Å². The van der Waals surface area contributed by atoms with Crippen LogP contribution in [-0.4, -0.2) is 77.7 Å². The number of benzene rings is 1. The van der Waals surface area contributed by atoms with Crippen LogP contribution in [-0.2, 0) is 14.4 Å². The van der Waals surface area contributed by atoms with Crippen molar-refractivity contribution < 1.29 is 14.4 Å². The third kappa shape index (κ3) is 6.53. The van der Waals surface area contributed by atoms with Gasteiger partial charge < -0.3 is 15.1 Å². The lowest BCUT2D eigenvalue weighted by Crippen LogP contribution is -2.53. The highest BCUT2D eigenvalue weighted by Crippen LogP contribution is 2.20. The average molecular weight is 429 g/mol. The highest BCUT2D eigenvalue weighted by atomic mass is 16.2. The predicted molar refractivity (Wildman–Crippen MR) is 120 cm³/mol. The lowest BCUT2D eigenvalue weighted by molar-refractivity contribution is -0.137. The molecule has 3 amide bonds. The molecule has 0 aliphatic carbocycles. The van der Waals surface area contributed by atoms with Crippen LogP contribution in [0, 0.1) is 6.92 Å². The van der Waals surface area contributed by atoms with Crippen molar-refractivity contribution in [1.29, 1.82) is 0 Å². The van der Waals surface area contributed by atoms with Gasteiger partial charge in [-0.3, -0.25) is 19.3 Å². The molecule has 31 heavy (non-hydrogen) atoms. The fourth-order valence-corrected chi connectivity index (χ4v) is 4.51. The summed E-state index contributed by atoms with van der Waals surface area (Å²) in [6.07, 6.45) is 3.62. The molecule has 1 aromatic rings. The second kappa shape index (κ2) is 10.8. The molecule has 2 fully saturated rings. The van der Waals surface area contributed by atoms with Gasteiger partial charge in [0.2, 0.25) is 17.7 Å². The van der Waals surface area contributed by atoms with E-state index in [2.05, 4.69) is 17.1 Å². The van der Waals surface area contributed by atoms with E-state index in [1.54, 1.807) is 0 Å². The normalized spacial score (nSPS) is 20.9. The highest BCUT2D eigenvalue weighted by Gasteiger charge is 2.28. The molecule has 1 aromatic carbocycles. The van der Waals surface area contributed by atoms with Gasteiger partial charge in [0.25, 0.3) is 0 Å². The van der Waals surface area contributed by atoms with Crippen molar-refractivity contribution in [2.24, 2.45) is 0 Å². The molecular weight excluding hydrogens is 392 g/mol. The number of piperazine rings is 1. The number of rotatable bonds is 6. The Morgan fingerprint density at radius 3 is 2.29 bits per heavy atom. The quantitative estimate of drug-likeness (QED) is 0.753. The number of nitrogens with one attached hydrogen (secondary N) is 1. The van der Waals surface area contributed by atoms with Gasteiger partial charge >= 0.3 is 0 Å². The first-order valence-electron chi connectivity index (χ1n) is 11.5. The third-order valence-electron chi connectivity index (χ3n) is 6.44. The molecule has 1 N–H and O–H groups in total. The maximum Gasteiger partial charge on any atom is 0.236 e. The summed E-state index contributed by atoms with van der Waals surface area (Å²) in [5.74, 6) is 0.0978. The van der Waals surface area contributed by atoms with Crippen molar-refractivity contribution in [1.82, 2.24) is 20.0 Å². The number of carbonyl (C=O) groups excluding carboxylic acids is 3. The number of carbonyl (C=O) groups is 3. The highest BCUT2D eigenvalue weighted by molar-refractivity contribution is 5.80. The molecule has 2 unspecified atom stereocenters. The van der Waals surface area contributed by atoms with Crippen LogP contribution < -0.4 is 5.32 Å². The van der Waals surface area contributed by atoms with Gasteiger partial charge in [0, 0.05) is 45.7 Å². The first-order valence-corrected chi connectivity index (χ1v) is 11.5. The van der Waals surface area contributed by atoms with Gasteiger partial charge in [-0.1, -0.05) is 29.8 Å². The van der Waals surface area contributed by atoms with Crippen molar-refractivity contribution in [2.45, 2.75) is 58.5 Å². The van der Waals surface area contributed by atoms with E-state index < -0.39 is 0 Å². The summed E-state index contributed by atoms with van der Waals surface area (Å²) in [6.45, 7) is 9.55. The Morgan fingerprint density at radius 1 is 1.00 bits per heavy atom. The maximum atomic E-state index is 12.9. The molecule has 7 heteroatoms. The van der Waals surface area contributed by atoms with Crippen LogP contribution in [0.15, 0.2) is 24.3 Å². The van der Waals surface area contributed by atoms with E-state index in [-0.39, 0.29) is 30.2 Å². The van der Waals surface area contributed by atoms with Crippen LogP contribution in [0.25, 0.3) is 0 Å². The lowest BCUT2D eigenvalue weighted by atomic mass is 10.0. The summed E-state index contributed by atoms with van der Waals surface area (Å²) < 4.78 is 0. The van der Waals surface area contributed by atoms with Crippen LogP contribution in [0.4, 0.5) is 0 Å². The smallest absolute Gasteiger partial charge is 0.236 e. The molecule has 0 aromatic heterocycles. The van der Waals surface area contributed by atoms with Crippen molar-refractivity contribution in [3.8, 4) is 0 Å². The van der Waals surface area contributed by atoms with Crippen molar-refractivity contribution in [3.05, 3.63) is 35.4 Å². The summed E-state index contributed by atoms with van der Waals surface area (Å²) >= 11 is 0. The van der Waals surface area contributed by atoms with Gasteiger partial charge in [0.1, 0.15) is 0 Å². The molecule has 2 heterocycles. The number of hydrogen-bond donors (Lipinski definition) is 1. The third-order valence-corrected chi connectivity index (χ3v) is 6.44. The first-order chi connectivity index (χ1) is 14.8. The zero-order valence-corrected chi connectivity index (χ0v) is 19.1. The molecule has 170 valence electrons. The van der Waals surface area contributed by atoms with E-state index in [4.69, 9.17) is 0 Å². The molecule has 0 saturated carbocycles. The number of likely N-dealkylation sites (tertiary alicyclic amines) is 1. The Labute approximate surface area is 185 Å². The molecule has 7 nitrogen and oxygen atoms in total. The minimum atomic E-state index is -0.328. The van der Waals surface area contributed by atoms with Gasteiger partial charge in [-0.25, -0.2) is 0 Å². The maximum absolute atomic E-state index is 12.9. The van der Waals surface area contributed by atoms with Crippen LogP contribution in [0.2, 0.25) is 0 Å². The van der Waals surface area contributed by atoms with Gasteiger partial charge in [0.05, 0.1) is 19.0 Å². The molecule has 2 aliphatic rings. The Morgan fingerprint density at radius 2 is 1.68 bits per heavy atom. The van der Waals surface area contributed by atoms with Gasteiger partial charge in [-0.2, -0.15) is 0 Å².